The van der Waals surface area contributed by atoms with Crippen molar-refractivity contribution in [3.05, 3.63) is 0 Å². The lowest BCUT2D eigenvalue weighted by atomic mass is 10.2. The van der Waals surface area contributed by atoms with Gasteiger partial charge >= 0.3 is 5.97 Å². The molecule has 1 aliphatic heterocycles. The summed E-state index contributed by atoms with van der Waals surface area (Å²) in [6.07, 6.45) is 0.631. The van der Waals surface area contributed by atoms with Crippen LogP contribution < -0.4 is 0 Å². The first kappa shape index (κ1) is 14.9. The van der Waals surface area contributed by atoms with Crippen LogP contribution in [0.1, 0.15) is 26.7 Å². The third-order valence-electron chi connectivity index (χ3n) is 2.97. The predicted octanol–water partition coefficient (Wildman–Crippen LogP) is 0.504. The van der Waals surface area contributed by atoms with Gasteiger partial charge in [0.05, 0.1) is 13.2 Å². The number of nitrogens with zero attached hydrogens (tertiary/aromatic N) is 1. The van der Waals surface area contributed by atoms with Gasteiger partial charge < -0.3 is 19.5 Å². The first-order chi connectivity index (χ1) is 8.57. The Balaban J connectivity index is 2.40. The number of carboxylic acids is 1. The molecule has 0 aromatic carbocycles. The molecule has 104 valence electrons. The predicted molar refractivity (Wildman–Crippen MR) is 64.3 cm³/mol. The molecule has 1 heterocycles. The number of hydrogen-bond acceptors (Lipinski definition) is 4. The van der Waals surface area contributed by atoms with E-state index in [-0.39, 0.29) is 5.91 Å². The van der Waals surface area contributed by atoms with Gasteiger partial charge in [0.2, 0.25) is 0 Å². The number of amides is 1. The van der Waals surface area contributed by atoms with Gasteiger partial charge in [-0.15, -0.1) is 0 Å². The molecule has 0 aromatic rings. The Morgan fingerprint density at radius 2 is 2.17 bits per heavy atom. The van der Waals surface area contributed by atoms with Gasteiger partial charge in [0.15, 0.2) is 0 Å². The number of carbonyl (C=O) groups is 2. The van der Waals surface area contributed by atoms with E-state index in [0.29, 0.717) is 32.8 Å². The molecule has 0 saturated carbocycles. The Morgan fingerprint density at radius 3 is 2.78 bits per heavy atom. The van der Waals surface area contributed by atoms with E-state index in [0.717, 1.165) is 6.42 Å². The summed E-state index contributed by atoms with van der Waals surface area (Å²) in [6.45, 7) is 5.42. The SMILES string of the molecule is CCOCCOC(C)C(=O)N1CCC[C@@H]1C(=O)O. The van der Waals surface area contributed by atoms with Crippen molar-refractivity contribution in [3.63, 3.8) is 0 Å². The Kier molecular flexibility index (Phi) is 6.07. The molecule has 2 atom stereocenters. The van der Waals surface area contributed by atoms with Crippen LogP contribution in [0, 0.1) is 0 Å². The van der Waals surface area contributed by atoms with Crippen LogP contribution in [0.3, 0.4) is 0 Å². The average molecular weight is 259 g/mol. The highest BCUT2D eigenvalue weighted by Gasteiger charge is 2.35. The summed E-state index contributed by atoms with van der Waals surface area (Å²) in [5.74, 6) is -1.20. The van der Waals surface area contributed by atoms with E-state index in [9.17, 15) is 9.59 Å². The molecule has 0 radical (unpaired) electrons. The molecular weight excluding hydrogens is 238 g/mol. The van der Waals surface area contributed by atoms with E-state index in [1.54, 1.807) is 6.92 Å². The second kappa shape index (κ2) is 7.33. The summed E-state index contributed by atoms with van der Waals surface area (Å²) in [5, 5.41) is 9.01. The van der Waals surface area contributed by atoms with Crippen molar-refractivity contribution >= 4 is 11.9 Å². The smallest absolute Gasteiger partial charge is 0.326 e. The summed E-state index contributed by atoms with van der Waals surface area (Å²) in [4.78, 5) is 24.4. The molecule has 1 unspecified atom stereocenters. The largest absolute Gasteiger partial charge is 0.480 e. The lowest BCUT2D eigenvalue weighted by molar-refractivity contribution is -0.153. The Bertz CT molecular complexity index is 294. The third kappa shape index (κ3) is 3.96. The van der Waals surface area contributed by atoms with E-state index in [2.05, 4.69) is 0 Å². The molecule has 0 aliphatic carbocycles. The van der Waals surface area contributed by atoms with Crippen LogP contribution in [-0.4, -0.2) is 60.4 Å². The van der Waals surface area contributed by atoms with Crippen LogP contribution in [0.25, 0.3) is 0 Å². The maximum atomic E-state index is 12.0. The van der Waals surface area contributed by atoms with Crippen LogP contribution in [0.2, 0.25) is 0 Å². The molecule has 0 bridgehead atoms. The van der Waals surface area contributed by atoms with Crippen LogP contribution in [0.15, 0.2) is 0 Å². The van der Waals surface area contributed by atoms with Gasteiger partial charge in [-0.25, -0.2) is 4.79 Å². The minimum absolute atomic E-state index is 0.253. The van der Waals surface area contributed by atoms with Crippen molar-refractivity contribution < 1.29 is 24.2 Å². The first-order valence-electron chi connectivity index (χ1n) is 6.30. The Labute approximate surface area is 107 Å². The maximum Gasteiger partial charge on any atom is 0.326 e. The van der Waals surface area contributed by atoms with Gasteiger partial charge in [-0.05, 0) is 26.7 Å². The second-order valence-corrected chi connectivity index (χ2v) is 4.24. The number of ether oxygens (including phenoxy) is 2. The third-order valence-corrected chi connectivity index (χ3v) is 2.97. The summed E-state index contributed by atoms with van der Waals surface area (Å²) < 4.78 is 10.4. The Morgan fingerprint density at radius 1 is 1.44 bits per heavy atom. The number of hydrogen-bond donors (Lipinski definition) is 1. The monoisotopic (exact) mass is 259 g/mol. The fourth-order valence-electron chi connectivity index (χ4n) is 2.02. The molecule has 1 amide bonds. The molecule has 1 aliphatic rings. The Hall–Kier alpha value is -1.14. The quantitative estimate of drug-likeness (QED) is 0.674. The number of aliphatic carboxylic acids is 1. The number of likely N-dealkylation sites (tertiary alicyclic amines) is 1. The summed E-state index contributed by atoms with van der Waals surface area (Å²) >= 11 is 0. The molecular formula is C12H21NO5. The highest BCUT2D eigenvalue weighted by Crippen LogP contribution is 2.19. The fraction of sp³-hybridized carbons (Fsp3) is 0.833. The lowest BCUT2D eigenvalue weighted by Crippen LogP contribution is -2.45. The molecule has 1 saturated heterocycles. The molecule has 1 fully saturated rings. The first-order valence-corrected chi connectivity index (χ1v) is 6.30. The summed E-state index contributed by atoms with van der Waals surface area (Å²) in [7, 11) is 0. The lowest BCUT2D eigenvalue weighted by Gasteiger charge is -2.24. The highest BCUT2D eigenvalue weighted by atomic mass is 16.5. The van der Waals surface area contributed by atoms with Crippen LogP contribution in [-0.2, 0) is 19.1 Å². The summed E-state index contributed by atoms with van der Waals surface area (Å²) in [6, 6.07) is -0.699. The minimum atomic E-state index is -0.942. The van der Waals surface area contributed by atoms with Gasteiger partial charge in [0.1, 0.15) is 12.1 Å². The van der Waals surface area contributed by atoms with Crippen molar-refractivity contribution in [3.8, 4) is 0 Å². The molecule has 6 nitrogen and oxygen atoms in total. The zero-order valence-corrected chi connectivity index (χ0v) is 10.9. The molecule has 0 spiro atoms. The van der Waals surface area contributed by atoms with Gasteiger partial charge in [-0.2, -0.15) is 0 Å². The summed E-state index contributed by atoms with van der Waals surface area (Å²) in [5.41, 5.74) is 0. The number of carbonyl (C=O) groups excluding carboxylic acids is 1. The molecule has 18 heavy (non-hydrogen) atoms. The van der Waals surface area contributed by atoms with E-state index >= 15 is 0 Å². The second-order valence-electron chi connectivity index (χ2n) is 4.24. The molecule has 6 heteroatoms. The van der Waals surface area contributed by atoms with Crippen LogP contribution in [0.4, 0.5) is 0 Å². The van der Waals surface area contributed by atoms with E-state index in [4.69, 9.17) is 14.6 Å². The normalized spacial score (nSPS) is 21.0. The molecule has 1 rings (SSSR count). The van der Waals surface area contributed by atoms with E-state index in [1.807, 2.05) is 6.92 Å². The number of rotatable bonds is 7. The van der Waals surface area contributed by atoms with Crippen molar-refractivity contribution in [2.45, 2.75) is 38.8 Å². The van der Waals surface area contributed by atoms with Crippen molar-refractivity contribution in [1.82, 2.24) is 4.90 Å². The molecule has 1 N–H and O–H groups in total. The maximum absolute atomic E-state index is 12.0. The van der Waals surface area contributed by atoms with E-state index in [1.165, 1.54) is 4.90 Å². The van der Waals surface area contributed by atoms with Crippen molar-refractivity contribution in [2.75, 3.05) is 26.4 Å². The van der Waals surface area contributed by atoms with E-state index < -0.39 is 18.1 Å². The van der Waals surface area contributed by atoms with Crippen LogP contribution in [0.5, 0.6) is 0 Å². The van der Waals surface area contributed by atoms with Crippen LogP contribution >= 0.6 is 0 Å². The van der Waals surface area contributed by atoms with Crippen molar-refractivity contribution in [1.29, 1.82) is 0 Å². The van der Waals surface area contributed by atoms with Gasteiger partial charge in [-0.1, -0.05) is 0 Å². The highest BCUT2D eigenvalue weighted by molar-refractivity contribution is 5.86. The topological polar surface area (TPSA) is 76.1 Å². The van der Waals surface area contributed by atoms with Gasteiger partial charge in [-0.3, -0.25) is 4.79 Å². The number of carboxylic acid groups (broad SMARTS) is 1. The standard InChI is InChI=1S/C12H21NO5/c1-3-17-7-8-18-9(2)11(14)13-6-4-5-10(13)12(15)16/h9-10H,3-8H2,1-2H3,(H,15,16)/t9?,10-/m1/s1. The zero-order chi connectivity index (χ0) is 13.5. The van der Waals surface area contributed by atoms with Gasteiger partial charge in [0.25, 0.3) is 5.91 Å². The van der Waals surface area contributed by atoms with Crippen molar-refractivity contribution in [2.24, 2.45) is 0 Å². The minimum Gasteiger partial charge on any atom is -0.480 e. The molecule has 0 aromatic heterocycles. The van der Waals surface area contributed by atoms with Gasteiger partial charge in [0, 0.05) is 13.2 Å². The zero-order valence-electron chi connectivity index (χ0n) is 10.9. The fourth-order valence-corrected chi connectivity index (χ4v) is 2.02. The average Bonchev–Trinajstić information content (AvgIpc) is 2.82.